The molecule has 0 saturated heterocycles. The minimum absolute atomic E-state index is 0.212. The molecule has 5 aromatic carbocycles. The lowest BCUT2D eigenvalue weighted by Crippen LogP contribution is -2.05. The summed E-state index contributed by atoms with van der Waals surface area (Å²) < 4.78 is 42.2. The Morgan fingerprint density at radius 1 is 0.658 bits per heavy atom. The summed E-state index contributed by atoms with van der Waals surface area (Å²) in [6, 6.07) is 32.2. The van der Waals surface area contributed by atoms with Crippen molar-refractivity contribution in [1.29, 1.82) is 0 Å². The first-order valence-corrected chi connectivity index (χ1v) is 13.9. The van der Waals surface area contributed by atoms with Crippen molar-refractivity contribution in [2.75, 3.05) is 0 Å². The van der Waals surface area contributed by atoms with Crippen molar-refractivity contribution in [3.05, 3.63) is 149 Å². The van der Waals surface area contributed by atoms with Crippen LogP contribution in [-0.2, 0) is 10.9 Å². The Hall–Kier alpha value is -3.74. The molecule has 1 nitrogen and oxygen atoms in total. The highest BCUT2D eigenvalue weighted by molar-refractivity contribution is 7.99. The molecule has 0 unspecified atom stereocenters. The van der Waals surface area contributed by atoms with Gasteiger partial charge in [-0.15, -0.1) is 0 Å². The van der Waals surface area contributed by atoms with Crippen molar-refractivity contribution >= 4 is 28.4 Å². The van der Waals surface area contributed by atoms with Gasteiger partial charge in [0, 0.05) is 20.9 Å². The van der Waals surface area contributed by atoms with E-state index in [-0.39, 0.29) is 17.4 Å². The van der Waals surface area contributed by atoms with Crippen molar-refractivity contribution < 1.29 is 18.0 Å². The monoisotopic (exact) mass is 543 g/mol. The van der Waals surface area contributed by atoms with Crippen LogP contribution in [0, 0.1) is 24.4 Å². The van der Waals surface area contributed by atoms with E-state index in [1.54, 1.807) is 61.5 Å². The largest absolute Gasteiger partial charge is 0.289 e. The Morgan fingerprint density at radius 2 is 1.16 bits per heavy atom. The van der Waals surface area contributed by atoms with Gasteiger partial charge in [-0.3, -0.25) is 4.79 Å². The van der Waals surface area contributed by atoms with Gasteiger partial charge in [-0.25, -0.2) is 13.2 Å². The first-order chi connectivity index (χ1) is 18.4. The average Bonchev–Trinajstić information content (AvgIpc) is 2.94. The van der Waals surface area contributed by atoms with Crippen LogP contribution in [0.3, 0.4) is 0 Å². The predicted molar refractivity (Wildman–Crippen MR) is 147 cm³/mol. The predicted octanol–water partition coefficient (Wildman–Crippen LogP) is 8.89. The zero-order valence-corrected chi connectivity index (χ0v) is 22.0. The number of ketones is 1. The van der Waals surface area contributed by atoms with E-state index in [2.05, 4.69) is 0 Å². The molecule has 38 heavy (non-hydrogen) atoms. The molecule has 5 rings (SSSR count). The molecule has 0 bridgehead atoms. The highest BCUT2D eigenvalue weighted by Gasteiger charge is 2.29. The van der Waals surface area contributed by atoms with Gasteiger partial charge >= 0.3 is 0 Å². The van der Waals surface area contributed by atoms with Crippen molar-refractivity contribution in [3.63, 3.8) is 0 Å². The smallest absolute Gasteiger partial charge is 0.193 e. The van der Waals surface area contributed by atoms with Crippen LogP contribution in [0.4, 0.5) is 13.2 Å². The van der Waals surface area contributed by atoms with E-state index < -0.39 is 16.7 Å². The molecule has 0 fully saturated rings. The van der Waals surface area contributed by atoms with Gasteiger partial charge < -0.3 is 0 Å². The van der Waals surface area contributed by atoms with Gasteiger partial charge in [0.05, 0.1) is 10.9 Å². The molecule has 0 radical (unpaired) electrons. The minimum Gasteiger partial charge on any atom is -0.289 e. The van der Waals surface area contributed by atoms with Crippen LogP contribution < -0.4 is 0 Å². The molecule has 0 spiro atoms. The molecule has 0 aromatic heterocycles. The summed E-state index contributed by atoms with van der Waals surface area (Å²) in [5, 5.41) is 0. The standard InChI is InChI=1S/C32H22F3OS2/c1-21-19-31(30(35)20-29(21)32(36)22-5-3-2-4-6-22)37-25-11-17-28(18-12-25)38(26-13-7-23(33)8-14-26)27-15-9-24(34)10-16-27/h2-20H,1H3/q+1. The maximum Gasteiger partial charge on any atom is 0.193 e. The topological polar surface area (TPSA) is 17.1 Å². The van der Waals surface area contributed by atoms with E-state index >= 15 is 4.39 Å². The highest BCUT2D eigenvalue weighted by atomic mass is 32.2. The fourth-order valence-corrected chi connectivity index (χ4v) is 7.00. The molecule has 0 aliphatic carbocycles. The Labute approximate surface area is 226 Å². The number of hydrogen-bond donors (Lipinski definition) is 0. The van der Waals surface area contributed by atoms with Gasteiger partial charge in [-0.05, 0) is 97.4 Å². The third-order valence-corrected chi connectivity index (χ3v) is 9.22. The van der Waals surface area contributed by atoms with Gasteiger partial charge in [0.1, 0.15) is 17.5 Å². The van der Waals surface area contributed by atoms with Crippen molar-refractivity contribution in [1.82, 2.24) is 0 Å². The molecular formula is C32H22F3OS2+. The van der Waals surface area contributed by atoms with E-state index in [1.807, 2.05) is 30.3 Å². The maximum absolute atomic E-state index is 15.1. The third-order valence-electron chi connectivity index (χ3n) is 5.95. The molecule has 188 valence electrons. The van der Waals surface area contributed by atoms with Gasteiger partial charge in [-0.2, -0.15) is 0 Å². The summed E-state index contributed by atoms with van der Waals surface area (Å²) in [6.07, 6.45) is 0. The van der Waals surface area contributed by atoms with Gasteiger partial charge in [0.2, 0.25) is 0 Å². The molecule has 5 aromatic rings. The van der Waals surface area contributed by atoms with E-state index in [0.717, 1.165) is 19.6 Å². The van der Waals surface area contributed by atoms with Crippen LogP contribution in [0.5, 0.6) is 0 Å². The second-order valence-electron chi connectivity index (χ2n) is 8.58. The number of carbonyl (C=O) groups excluding carboxylic acids is 1. The maximum atomic E-state index is 15.1. The summed E-state index contributed by atoms with van der Waals surface area (Å²) in [6.45, 7) is 1.81. The summed E-state index contributed by atoms with van der Waals surface area (Å²) in [5.41, 5.74) is 1.56. The lowest BCUT2D eigenvalue weighted by molar-refractivity contribution is 0.103. The fraction of sp³-hybridized carbons (Fsp3) is 0.0312. The van der Waals surface area contributed by atoms with E-state index in [4.69, 9.17) is 0 Å². The average molecular weight is 544 g/mol. The number of halogens is 3. The van der Waals surface area contributed by atoms with Crippen molar-refractivity contribution in [2.24, 2.45) is 0 Å². The lowest BCUT2D eigenvalue weighted by atomic mass is 9.99. The van der Waals surface area contributed by atoms with E-state index in [1.165, 1.54) is 42.1 Å². The molecule has 6 heteroatoms. The number of hydrogen-bond acceptors (Lipinski definition) is 2. The molecule has 0 aliphatic heterocycles. The van der Waals surface area contributed by atoms with Crippen LogP contribution in [-0.4, -0.2) is 5.78 Å². The third kappa shape index (κ3) is 5.72. The normalized spacial score (nSPS) is 11.1. The SMILES string of the molecule is Cc1cc(Sc2ccc([S+](c3ccc(F)cc3)c3ccc(F)cc3)cc2)c(F)cc1C(=O)c1ccccc1. The first kappa shape index (κ1) is 25.9. The van der Waals surface area contributed by atoms with E-state index in [9.17, 15) is 13.6 Å². The van der Waals surface area contributed by atoms with Crippen molar-refractivity contribution in [3.8, 4) is 0 Å². The summed E-state index contributed by atoms with van der Waals surface area (Å²) >= 11 is 1.28. The number of benzene rings is 5. The zero-order valence-electron chi connectivity index (χ0n) is 20.3. The summed E-state index contributed by atoms with van der Waals surface area (Å²) in [7, 11) is -0.575. The fourth-order valence-electron chi connectivity index (χ4n) is 4.04. The molecule has 0 aliphatic rings. The Kier molecular flexibility index (Phi) is 7.72. The van der Waals surface area contributed by atoms with Crippen LogP contribution in [0.25, 0.3) is 0 Å². The summed E-state index contributed by atoms with van der Waals surface area (Å²) in [5.74, 6) is -1.31. The second kappa shape index (κ2) is 11.3. The molecule has 0 saturated carbocycles. The van der Waals surface area contributed by atoms with Gasteiger partial charge in [-0.1, -0.05) is 42.1 Å². The molecule has 0 N–H and O–H groups in total. The van der Waals surface area contributed by atoms with Crippen LogP contribution in [0.2, 0.25) is 0 Å². The second-order valence-corrected chi connectivity index (χ2v) is 11.7. The number of rotatable bonds is 7. The Morgan fingerprint density at radius 3 is 1.68 bits per heavy atom. The Balaban J connectivity index is 1.41. The molecule has 0 atom stereocenters. The quantitative estimate of drug-likeness (QED) is 0.151. The van der Waals surface area contributed by atoms with Crippen molar-refractivity contribution in [2.45, 2.75) is 31.4 Å². The van der Waals surface area contributed by atoms with Crippen LogP contribution in [0.1, 0.15) is 21.5 Å². The number of aryl methyl sites for hydroxylation is 1. The summed E-state index contributed by atoms with van der Waals surface area (Å²) in [4.78, 5) is 16.9. The minimum atomic E-state index is -0.575. The lowest BCUT2D eigenvalue weighted by Gasteiger charge is -2.11. The van der Waals surface area contributed by atoms with Crippen LogP contribution >= 0.6 is 11.8 Å². The molecule has 0 heterocycles. The van der Waals surface area contributed by atoms with Crippen LogP contribution in [0.15, 0.2) is 140 Å². The highest BCUT2D eigenvalue weighted by Crippen LogP contribution is 2.36. The number of carbonyl (C=O) groups is 1. The van der Waals surface area contributed by atoms with E-state index in [0.29, 0.717) is 21.6 Å². The molecule has 0 amide bonds. The Bertz CT molecular complexity index is 1520. The molecular weight excluding hydrogens is 521 g/mol. The zero-order chi connectivity index (χ0) is 26.6. The van der Waals surface area contributed by atoms with Gasteiger partial charge in [0.15, 0.2) is 20.5 Å². The van der Waals surface area contributed by atoms with Gasteiger partial charge in [0.25, 0.3) is 0 Å². The first-order valence-electron chi connectivity index (χ1n) is 11.8.